The second-order valence-corrected chi connectivity index (χ2v) is 6.36. The monoisotopic (exact) mass is 333 g/mol. The molecular weight excluding hydrogens is 321 g/mol. The van der Waals surface area contributed by atoms with Crippen molar-refractivity contribution in [2.75, 3.05) is 5.32 Å². The minimum atomic E-state index is -0.314. The van der Waals surface area contributed by atoms with Crippen LogP contribution >= 0.6 is 22.7 Å². The number of carbonyl (C=O) groups is 1. The van der Waals surface area contributed by atoms with Gasteiger partial charge in [-0.05, 0) is 19.1 Å². The lowest BCUT2D eigenvalue weighted by Gasteiger charge is -1.99. The van der Waals surface area contributed by atoms with Crippen LogP contribution in [-0.4, -0.2) is 15.9 Å². The van der Waals surface area contributed by atoms with E-state index in [2.05, 4.69) is 15.3 Å². The van der Waals surface area contributed by atoms with Crippen LogP contribution in [0.5, 0.6) is 0 Å². The molecule has 0 saturated heterocycles. The van der Waals surface area contributed by atoms with E-state index >= 15 is 0 Å². The fraction of sp³-hybridized carbons (Fsp3) is 0.133. The zero-order valence-electron chi connectivity index (χ0n) is 11.7. The van der Waals surface area contributed by atoms with Crippen LogP contribution in [0.2, 0.25) is 0 Å². The maximum atomic E-state index is 13.7. The third-order valence-corrected chi connectivity index (χ3v) is 4.66. The Morgan fingerprint density at radius 2 is 2.05 bits per heavy atom. The molecule has 1 aromatic carbocycles. The van der Waals surface area contributed by atoms with Crippen molar-refractivity contribution >= 4 is 33.7 Å². The summed E-state index contributed by atoms with van der Waals surface area (Å²) >= 11 is 2.71. The molecule has 0 aliphatic rings. The van der Waals surface area contributed by atoms with Crippen molar-refractivity contribution in [2.24, 2.45) is 0 Å². The van der Waals surface area contributed by atoms with Gasteiger partial charge in [-0.1, -0.05) is 12.1 Å². The van der Waals surface area contributed by atoms with Crippen LogP contribution in [-0.2, 0) is 11.2 Å². The Bertz CT molecular complexity index is 812. The smallest absolute Gasteiger partial charge is 0.232 e. The maximum absolute atomic E-state index is 13.7. The third-order valence-electron chi connectivity index (χ3n) is 2.86. The highest BCUT2D eigenvalue weighted by Gasteiger charge is 2.12. The van der Waals surface area contributed by atoms with Crippen molar-refractivity contribution in [3.05, 3.63) is 52.2 Å². The average molecular weight is 333 g/mol. The van der Waals surface area contributed by atoms with E-state index in [1.807, 2.05) is 12.3 Å². The number of benzene rings is 1. The summed E-state index contributed by atoms with van der Waals surface area (Å²) in [7, 11) is 0. The normalized spacial score (nSPS) is 10.6. The second kappa shape index (κ2) is 6.33. The molecule has 3 rings (SSSR count). The van der Waals surface area contributed by atoms with Gasteiger partial charge in [-0.2, -0.15) is 0 Å². The number of hydrogen-bond donors (Lipinski definition) is 1. The number of halogens is 1. The van der Waals surface area contributed by atoms with E-state index in [-0.39, 0.29) is 18.1 Å². The molecule has 4 nitrogen and oxygen atoms in total. The fourth-order valence-electron chi connectivity index (χ4n) is 1.89. The number of nitrogens with zero attached hydrogens (tertiary/aromatic N) is 2. The summed E-state index contributed by atoms with van der Waals surface area (Å²) in [6.45, 7) is 1.87. The minimum Gasteiger partial charge on any atom is -0.302 e. The molecule has 1 N–H and O–H groups in total. The largest absolute Gasteiger partial charge is 0.302 e. The highest BCUT2D eigenvalue weighted by atomic mass is 32.1. The summed E-state index contributed by atoms with van der Waals surface area (Å²) in [5.41, 5.74) is 1.94. The van der Waals surface area contributed by atoms with Gasteiger partial charge in [-0.15, -0.1) is 22.7 Å². The Kier molecular flexibility index (Phi) is 4.26. The molecule has 0 radical (unpaired) electrons. The molecular formula is C15H12FN3OS2. The highest BCUT2D eigenvalue weighted by molar-refractivity contribution is 7.14. The van der Waals surface area contributed by atoms with Crippen LogP contribution < -0.4 is 5.32 Å². The lowest BCUT2D eigenvalue weighted by molar-refractivity contribution is -0.115. The van der Waals surface area contributed by atoms with Crippen LogP contribution in [0, 0.1) is 12.7 Å². The molecule has 0 aliphatic heterocycles. The molecule has 0 atom stereocenters. The number of carbonyl (C=O) groups excluding carboxylic acids is 1. The number of rotatable bonds is 4. The zero-order chi connectivity index (χ0) is 15.5. The number of thiazole rings is 2. The van der Waals surface area contributed by atoms with Gasteiger partial charge in [0.1, 0.15) is 10.8 Å². The first kappa shape index (κ1) is 14.8. The molecule has 0 bridgehead atoms. The van der Waals surface area contributed by atoms with Crippen molar-refractivity contribution in [3.8, 4) is 10.6 Å². The Morgan fingerprint density at radius 3 is 2.77 bits per heavy atom. The molecule has 1 amide bonds. The number of nitrogens with one attached hydrogen (secondary N) is 1. The molecule has 3 aromatic rings. The molecule has 7 heteroatoms. The molecule has 22 heavy (non-hydrogen) atoms. The lowest BCUT2D eigenvalue weighted by Crippen LogP contribution is -2.14. The van der Waals surface area contributed by atoms with E-state index in [4.69, 9.17) is 0 Å². The average Bonchev–Trinajstić information content (AvgIpc) is 3.09. The Morgan fingerprint density at radius 1 is 1.23 bits per heavy atom. The van der Waals surface area contributed by atoms with Crippen molar-refractivity contribution in [1.82, 2.24) is 9.97 Å². The summed E-state index contributed by atoms with van der Waals surface area (Å²) in [4.78, 5) is 20.5. The van der Waals surface area contributed by atoms with Gasteiger partial charge in [-0.3, -0.25) is 4.79 Å². The first-order chi connectivity index (χ1) is 10.6. The molecule has 2 aromatic heterocycles. The molecule has 2 heterocycles. The summed E-state index contributed by atoms with van der Waals surface area (Å²) in [5, 5.41) is 7.52. The summed E-state index contributed by atoms with van der Waals surface area (Å²) < 4.78 is 13.7. The summed E-state index contributed by atoms with van der Waals surface area (Å²) in [6, 6.07) is 6.47. The molecule has 112 valence electrons. The maximum Gasteiger partial charge on any atom is 0.232 e. The van der Waals surface area contributed by atoms with E-state index in [1.165, 1.54) is 28.7 Å². The van der Waals surface area contributed by atoms with E-state index in [1.54, 1.807) is 23.6 Å². The van der Waals surface area contributed by atoms with Gasteiger partial charge in [0.15, 0.2) is 5.13 Å². The first-order valence-corrected chi connectivity index (χ1v) is 8.29. The highest BCUT2D eigenvalue weighted by Crippen LogP contribution is 2.26. The molecule has 0 spiro atoms. The van der Waals surface area contributed by atoms with Gasteiger partial charge in [0.05, 0.1) is 17.8 Å². The van der Waals surface area contributed by atoms with Crippen LogP contribution in [0.3, 0.4) is 0 Å². The van der Waals surface area contributed by atoms with Crippen LogP contribution in [0.1, 0.15) is 11.4 Å². The number of aryl methyl sites for hydroxylation is 1. The number of aromatic nitrogens is 2. The van der Waals surface area contributed by atoms with Crippen molar-refractivity contribution in [1.29, 1.82) is 0 Å². The fourth-order valence-corrected chi connectivity index (χ4v) is 3.44. The van der Waals surface area contributed by atoms with Gasteiger partial charge in [0, 0.05) is 16.3 Å². The van der Waals surface area contributed by atoms with Gasteiger partial charge < -0.3 is 5.32 Å². The van der Waals surface area contributed by atoms with E-state index in [0.717, 1.165) is 5.69 Å². The number of anilines is 1. The summed E-state index contributed by atoms with van der Waals surface area (Å²) in [6.07, 6.45) is 0.142. The van der Waals surface area contributed by atoms with Gasteiger partial charge in [0.25, 0.3) is 0 Å². The van der Waals surface area contributed by atoms with Crippen LogP contribution in [0.15, 0.2) is 35.0 Å². The second-order valence-electron chi connectivity index (χ2n) is 4.64. The first-order valence-electron chi connectivity index (χ1n) is 6.53. The molecule has 0 saturated carbocycles. The van der Waals surface area contributed by atoms with E-state index in [9.17, 15) is 9.18 Å². The van der Waals surface area contributed by atoms with E-state index in [0.29, 0.717) is 21.4 Å². The zero-order valence-corrected chi connectivity index (χ0v) is 13.3. The van der Waals surface area contributed by atoms with Gasteiger partial charge in [-0.25, -0.2) is 14.4 Å². The topological polar surface area (TPSA) is 54.9 Å². The lowest BCUT2D eigenvalue weighted by atomic mass is 10.2. The van der Waals surface area contributed by atoms with Crippen LogP contribution in [0.4, 0.5) is 9.52 Å². The molecule has 0 fully saturated rings. The van der Waals surface area contributed by atoms with Crippen molar-refractivity contribution in [3.63, 3.8) is 0 Å². The van der Waals surface area contributed by atoms with Crippen LogP contribution in [0.25, 0.3) is 10.6 Å². The Balaban J connectivity index is 1.69. The number of amides is 1. The van der Waals surface area contributed by atoms with Crippen molar-refractivity contribution in [2.45, 2.75) is 13.3 Å². The Hall–Kier alpha value is -2.12. The third kappa shape index (κ3) is 3.37. The minimum absolute atomic E-state index is 0.142. The van der Waals surface area contributed by atoms with Gasteiger partial charge in [0.2, 0.25) is 5.91 Å². The Labute approximate surface area is 134 Å². The van der Waals surface area contributed by atoms with E-state index < -0.39 is 0 Å². The molecule has 0 aliphatic carbocycles. The SMILES string of the molecule is Cc1csc(NC(=O)Cc2csc(-c3ccccc3F)n2)n1. The molecule has 0 unspecified atom stereocenters. The predicted molar refractivity (Wildman–Crippen MR) is 86.7 cm³/mol. The van der Waals surface area contributed by atoms with Crippen molar-refractivity contribution < 1.29 is 9.18 Å². The predicted octanol–water partition coefficient (Wildman–Crippen LogP) is 3.90. The summed E-state index contributed by atoms with van der Waals surface area (Å²) in [5.74, 6) is -0.495. The number of hydrogen-bond acceptors (Lipinski definition) is 5. The standard InChI is InChI=1S/C15H12FN3OS2/c1-9-7-22-15(17-9)19-13(20)6-10-8-21-14(18-10)11-4-2-3-5-12(11)16/h2-5,7-8H,6H2,1H3,(H,17,19,20). The quantitative estimate of drug-likeness (QED) is 0.788. The van der Waals surface area contributed by atoms with Gasteiger partial charge >= 0.3 is 0 Å².